The van der Waals surface area contributed by atoms with Crippen molar-refractivity contribution in [1.29, 1.82) is 0 Å². The van der Waals surface area contributed by atoms with Crippen LogP contribution in [-0.2, 0) is 14.4 Å². The highest BCUT2D eigenvalue weighted by Crippen LogP contribution is 2.28. The fourth-order valence-electron chi connectivity index (χ4n) is 2.74. The molecule has 0 spiro atoms. The minimum atomic E-state index is -0.754. The summed E-state index contributed by atoms with van der Waals surface area (Å²) < 4.78 is 0. The van der Waals surface area contributed by atoms with E-state index in [1.165, 1.54) is 4.90 Å². The molecule has 1 saturated carbocycles. The molecule has 21 heavy (non-hydrogen) atoms. The van der Waals surface area contributed by atoms with Gasteiger partial charge in [0.1, 0.15) is 13.1 Å². The molecule has 8 nitrogen and oxygen atoms in total. The Morgan fingerprint density at radius 3 is 2.24 bits per heavy atom. The molecule has 116 valence electrons. The number of urea groups is 1. The quantitative estimate of drug-likeness (QED) is 0.610. The lowest BCUT2D eigenvalue weighted by molar-refractivity contribution is -0.143. The van der Waals surface area contributed by atoms with Gasteiger partial charge in [-0.3, -0.25) is 19.7 Å². The van der Waals surface area contributed by atoms with E-state index in [2.05, 4.69) is 10.6 Å². The summed E-state index contributed by atoms with van der Waals surface area (Å²) in [5.74, 6) is -1.75. The van der Waals surface area contributed by atoms with Crippen LogP contribution >= 0.6 is 0 Å². The van der Waals surface area contributed by atoms with E-state index in [0.29, 0.717) is 19.4 Å². The molecule has 0 aromatic carbocycles. The Balaban J connectivity index is 1.73. The monoisotopic (exact) mass is 297 g/mol. The van der Waals surface area contributed by atoms with Crippen molar-refractivity contribution >= 4 is 23.8 Å². The standard InChI is InChI=1S/C13H19N3O5/c17-10-6-16(7-11(18)15-10)13(21)14-5-8-1-3-9(4-2-8)12(19)20/h8-9H,1-7H2,(H,14,21)(H,19,20)(H,15,17,18). The van der Waals surface area contributed by atoms with Crippen LogP contribution in [-0.4, -0.2) is 53.5 Å². The van der Waals surface area contributed by atoms with Gasteiger partial charge in [0.15, 0.2) is 0 Å². The number of imide groups is 1. The maximum Gasteiger partial charge on any atom is 0.318 e. The number of piperazine rings is 1. The molecule has 1 saturated heterocycles. The summed E-state index contributed by atoms with van der Waals surface area (Å²) in [5, 5.41) is 13.8. The van der Waals surface area contributed by atoms with Crippen LogP contribution in [0.15, 0.2) is 0 Å². The van der Waals surface area contributed by atoms with Gasteiger partial charge in [-0.25, -0.2) is 4.79 Å². The van der Waals surface area contributed by atoms with Crippen LogP contribution < -0.4 is 10.6 Å². The van der Waals surface area contributed by atoms with Crippen molar-refractivity contribution in [2.24, 2.45) is 11.8 Å². The number of hydrogen-bond acceptors (Lipinski definition) is 4. The maximum atomic E-state index is 11.9. The number of amides is 4. The summed E-state index contributed by atoms with van der Waals surface area (Å²) >= 11 is 0. The highest BCUT2D eigenvalue weighted by Gasteiger charge is 2.28. The van der Waals surface area contributed by atoms with Gasteiger partial charge in [0.2, 0.25) is 11.8 Å². The molecule has 4 amide bonds. The Bertz CT molecular complexity index is 441. The fourth-order valence-corrected chi connectivity index (χ4v) is 2.74. The first-order valence-corrected chi connectivity index (χ1v) is 7.04. The molecule has 8 heteroatoms. The van der Waals surface area contributed by atoms with Gasteiger partial charge in [-0.2, -0.15) is 0 Å². The number of aliphatic carboxylic acids is 1. The first-order chi connectivity index (χ1) is 9.95. The topological polar surface area (TPSA) is 116 Å². The molecule has 0 atom stereocenters. The van der Waals surface area contributed by atoms with E-state index in [9.17, 15) is 19.2 Å². The number of carbonyl (C=O) groups excluding carboxylic acids is 3. The van der Waals surface area contributed by atoms with Crippen LogP contribution in [0.25, 0.3) is 0 Å². The Labute approximate surface area is 121 Å². The summed E-state index contributed by atoms with van der Waals surface area (Å²) in [6.45, 7) is 0.199. The van der Waals surface area contributed by atoms with Gasteiger partial charge < -0.3 is 15.3 Å². The van der Waals surface area contributed by atoms with Crippen LogP contribution in [0.5, 0.6) is 0 Å². The number of nitrogens with one attached hydrogen (secondary N) is 2. The van der Waals surface area contributed by atoms with Gasteiger partial charge in [-0.05, 0) is 31.6 Å². The predicted molar refractivity (Wildman–Crippen MR) is 71.2 cm³/mol. The van der Waals surface area contributed by atoms with Crippen molar-refractivity contribution in [3.63, 3.8) is 0 Å². The van der Waals surface area contributed by atoms with E-state index in [1.807, 2.05) is 0 Å². The number of hydrogen-bond donors (Lipinski definition) is 3. The van der Waals surface area contributed by atoms with E-state index >= 15 is 0 Å². The highest BCUT2D eigenvalue weighted by atomic mass is 16.4. The zero-order valence-electron chi connectivity index (χ0n) is 11.6. The Morgan fingerprint density at radius 1 is 1.14 bits per heavy atom. The number of carbonyl (C=O) groups is 4. The number of carboxylic acids is 1. The van der Waals surface area contributed by atoms with Gasteiger partial charge in [0, 0.05) is 6.54 Å². The molecule has 0 unspecified atom stereocenters. The lowest BCUT2D eigenvalue weighted by Crippen LogP contribution is -2.56. The molecular weight excluding hydrogens is 278 g/mol. The van der Waals surface area contributed by atoms with Crippen LogP contribution in [0.3, 0.4) is 0 Å². The number of rotatable bonds is 3. The summed E-state index contributed by atoms with van der Waals surface area (Å²) in [6, 6.07) is -0.432. The van der Waals surface area contributed by atoms with E-state index in [0.717, 1.165) is 12.8 Å². The molecule has 3 N–H and O–H groups in total. The van der Waals surface area contributed by atoms with Crippen molar-refractivity contribution < 1.29 is 24.3 Å². The maximum absolute atomic E-state index is 11.9. The highest BCUT2D eigenvalue weighted by molar-refractivity contribution is 6.02. The molecule has 0 bridgehead atoms. The largest absolute Gasteiger partial charge is 0.481 e. The van der Waals surface area contributed by atoms with Crippen molar-refractivity contribution in [2.75, 3.05) is 19.6 Å². The second-order valence-electron chi connectivity index (χ2n) is 5.57. The fraction of sp³-hybridized carbons (Fsp3) is 0.692. The summed E-state index contributed by atoms with van der Waals surface area (Å²) in [5.41, 5.74) is 0. The predicted octanol–water partition coefficient (Wildman–Crippen LogP) is -0.455. The molecule has 2 aliphatic rings. The first-order valence-electron chi connectivity index (χ1n) is 7.04. The van der Waals surface area contributed by atoms with Crippen LogP contribution in [0.1, 0.15) is 25.7 Å². The molecule has 1 aliphatic heterocycles. The first kappa shape index (κ1) is 15.3. The van der Waals surface area contributed by atoms with E-state index in [1.54, 1.807) is 0 Å². The minimum absolute atomic E-state index is 0.122. The summed E-state index contributed by atoms with van der Waals surface area (Å²) in [6.07, 6.45) is 2.77. The van der Waals surface area contributed by atoms with Gasteiger partial charge >= 0.3 is 12.0 Å². The average Bonchev–Trinajstić information content (AvgIpc) is 2.44. The number of nitrogens with zero attached hydrogens (tertiary/aromatic N) is 1. The average molecular weight is 297 g/mol. The van der Waals surface area contributed by atoms with E-state index in [-0.39, 0.29) is 24.9 Å². The molecule has 1 aliphatic carbocycles. The van der Waals surface area contributed by atoms with E-state index in [4.69, 9.17) is 5.11 Å². The smallest absolute Gasteiger partial charge is 0.318 e. The molecular formula is C13H19N3O5. The summed E-state index contributed by atoms with van der Waals surface area (Å²) in [7, 11) is 0. The molecule has 0 aromatic heterocycles. The Morgan fingerprint density at radius 2 is 1.71 bits per heavy atom. The Hall–Kier alpha value is -2.12. The van der Waals surface area contributed by atoms with Crippen molar-refractivity contribution in [3.05, 3.63) is 0 Å². The minimum Gasteiger partial charge on any atom is -0.481 e. The molecule has 0 radical (unpaired) electrons. The lowest BCUT2D eigenvalue weighted by Gasteiger charge is -2.29. The second kappa shape index (κ2) is 6.55. The van der Waals surface area contributed by atoms with E-state index < -0.39 is 23.8 Å². The van der Waals surface area contributed by atoms with Crippen molar-refractivity contribution in [1.82, 2.24) is 15.5 Å². The van der Waals surface area contributed by atoms with Crippen LogP contribution in [0, 0.1) is 11.8 Å². The molecule has 0 aromatic rings. The Kier molecular flexibility index (Phi) is 4.77. The van der Waals surface area contributed by atoms with Crippen LogP contribution in [0.2, 0.25) is 0 Å². The zero-order chi connectivity index (χ0) is 15.4. The van der Waals surface area contributed by atoms with Crippen molar-refractivity contribution in [2.45, 2.75) is 25.7 Å². The molecule has 2 fully saturated rings. The summed E-state index contributed by atoms with van der Waals surface area (Å²) in [4.78, 5) is 46.3. The second-order valence-corrected chi connectivity index (χ2v) is 5.57. The normalized spacial score (nSPS) is 26.2. The number of carboxylic acid groups (broad SMARTS) is 1. The van der Waals surface area contributed by atoms with Crippen molar-refractivity contribution in [3.8, 4) is 0 Å². The van der Waals surface area contributed by atoms with Gasteiger partial charge in [0.25, 0.3) is 0 Å². The van der Waals surface area contributed by atoms with Gasteiger partial charge in [-0.1, -0.05) is 0 Å². The molecule has 1 heterocycles. The third-order valence-electron chi connectivity index (χ3n) is 3.97. The zero-order valence-corrected chi connectivity index (χ0v) is 11.6. The lowest BCUT2D eigenvalue weighted by atomic mass is 9.82. The van der Waals surface area contributed by atoms with Crippen LogP contribution in [0.4, 0.5) is 4.79 Å². The van der Waals surface area contributed by atoms with Gasteiger partial charge in [0.05, 0.1) is 5.92 Å². The van der Waals surface area contributed by atoms with Gasteiger partial charge in [-0.15, -0.1) is 0 Å². The molecule has 2 rings (SSSR count). The third-order valence-corrected chi connectivity index (χ3v) is 3.97. The SMILES string of the molecule is O=C1CN(C(=O)NCC2CCC(C(=O)O)CC2)CC(=O)N1. The third kappa shape index (κ3) is 4.17.